The number of amides is 1. The van der Waals surface area contributed by atoms with Crippen LogP contribution < -0.4 is 11.1 Å². The summed E-state index contributed by atoms with van der Waals surface area (Å²) in [5.74, 6) is 0.281. The van der Waals surface area contributed by atoms with Crippen LogP contribution in [-0.4, -0.2) is 26.6 Å². The number of ether oxygens (including phenoxy) is 1. The van der Waals surface area contributed by atoms with Crippen molar-refractivity contribution in [3.8, 4) is 11.4 Å². The maximum Gasteiger partial charge on any atom is 0.412 e. The van der Waals surface area contributed by atoms with Crippen LogP contribution in [0.3, 0.4) is 0 Å². The van der Waals surface area contributed by atoms with Crippen LogP contribution in [0.1, 0.15) is 20.8 Å². The third-order valence-corrected chi connectivity index (χ3v) is 2.80. The average molecular weight is 366 g/mol. The van der Waals surface area contributed by atoms with E-state index in [4.69, 9.17) is 10.5 Å². The van der Waals surface area contributed by atoms with E-state index in [-0.39, 0.29) is 5.82 Å². The van der Waals surface area contributed by atoms with Gasteiger partial charge in [-0.25, -0.2) is 14.8 Å². The number of nitrogen functional groups attached to an aromatic ring is 1. The number of carbonyl (C=O) groups is 1. The second kappa shape index (κ2) is 6.27. The summed E-state index contributed by atoms with van der Waals surface area (Å²) in [5.41, 5.74) is 6.77. The van der Waals surface area contributed by atoms with Crippen molar-refractivity contribution >= 4 is 33.5 Å². The zero-order valence-electron chi connectivity index (χ0n) is 12.4. The number of pyridine rings is 1. The fourth-order valence-electron chi connectivity index (χ4n) is 1.59. The third-order valence-electron chi connectivity index (χ3n) is 2.42. The van der Waals surface area contributed by atoms with E-state index in [0.29, 0.717) is 21.7 Å². The summed E-state index contributed by atoms with van der Waals surface area (Å²) < 4.78 is 5.73. The van der Waals surface area contributed by atoms with Crippen LogP contribution in [-0.2, 0) is 4.74 Å². The fraction of sp³-hybridized carbons (Fsp3) is 0.286. The second-order valence-electron chi connectivity index (χ2n) is 5.49. The van der Waals surface area contributed by atoms with Gasteiger partial charge in [0.05, 0.1) is 23.8 Å². The van der Waals surface area contributed by atoms with Gasteiger partial charge in [-0.15, -0.1) is 0 Å². The highest BCUT2D eigenvalue weighted by Crippen LogP contribution is 2.23. The van der Waals surface area contributed by atoms with Crippen molar-refractivity contribution in [2.45, 2.75) is 26.4 Å². The van der Waals surface area contributed by atoms with Crippen molar-refractivity contribution in [2.75, 3.05) is 11.1 Å². The van der Waals surface area contributed by atoms with E-state index in [1.807, 2.05) is 0 Å². The molecule has 0 unspecified atom stereocenters. The molecular weight excluding hydrogens is 350 g/mol. The zero-order valence-corrected chi connectivity index (χ0v) is 14.0. The predicted octanol–water partition coefficient (Wildman–Crippen LogP) is 3.23. The number of halogens is 1. The Morgan fingerprint density at radius 3 is 2.59 bits per heavy atom. The maximum atomic E-state index is 11.7. The van der Waals surface area contributed by atoms with Gasteiger partial charge in [-0.05, 0) is 48.8 Å². The molecule has 0 aliphatic heterocycles. The fourth-order valence-corrected chi connectivity index (χ4v) is 1.87. The standard InChI is InChI=1S/C14H16BrN5O2/c1-14(2,3)22-13(21)19-8-4-5-9(17-6-8)11-12(16)18-7-10(15)20-11/h4-7H,1-3H3,(H2,16,18)(H,19,21). The summed E-state index contributed by atoms with van der Waals surface area (Å²) in [5, 5.41) is 2.60. The molecule has 0 atom stereocenters. The normalized spacial score (nSPS) is 11.1. The number of nitrogens with one attached hydrogen (secondary N) is 1. The van der Waals surface area contributed by atoms with E-state index >= 15 is 0 Å². The van der Waals surface area contributed by atoms with Crippen LogP contribution in [0.15, 0.2) is 29.1 Å². The molecule has 0 fully saturated rings. The van der Waals surface area contributed by atoms with Crippen LogP contribution in [0.25, 0.3) is 11.4 Å². The Morgan fingerprint density at radius 2 is 2.00 bits per heavy atom. The summed E-state index contributed by atoms with van der Waals surface area (Å²) in [6.45, 7) is 5.38. The minimum Gasteiger partial charge on any atom is -0.444 e. The molecule has 116 valence electrons. The Bertz CT molecular complexity index is 683. The van der Waals surface area contributed by atoms with E-state index in [2.05, 4.69) is 36.2 Å². The smallest absolute Gasteiger partial charge is 0.412 e. The number of carbonyl (C=O) groups excluding carboxylic acids is 1. The molecule has 3 N–H and O–H groups in total. The molecule has 0 aliphatic rings. The monoisotopic (exact) mass is 365 g/mol. The molecule has 22 heavy (non-hydrogen) atoms. The molecule has 0 aliphatic carbocycles. The molecule has 2 heterocycles. The lowest BCUT2D eigenvalue weighted by molar-refractivity contribution is 0.0636. The van der Waals surface area contributed by atoms with Crippen molar-refractivity contribution in [2.24, 2.45) is 0 Å². The topological polar surface area (TPSA) is 103 Å². The highest BCUT2D eigenvalue weighted by Gasteiger charge is 2.16. The lowest BCUT2D eigenvalue weighted by Crippen LogP contribution is -2.27. The Kier molecular flexibility index (Phi) is 4.60. The van der Waals surface area contributed by atoms with Crippen LogP contribution in [0, 0.1) is 0 Å². The van der Waals surface area contributed by atoms with Crippen LogP contribution >= 0.6 is 15.9 Å². The number of hydrogen-bond acceptors (Lipinski definition) is 6. The molecule has 8 heteroatoms. The first-order valence-electron chi connectivity index (χ1n) is 6.49. The summed E-state index contributed by atoms with van der Waals surface area (Å²) in [7, 11) is 0. The van der Waals surface area contributed by atoms with Crippen molar-refractivity contribution in [1.82, 2.24) is 15.0 Å². The van der Waals surface area contributed by atoms with Gasteiger partial charge >= 0.3 is 6.09 Å². The quantitative estimate of drug-likeness (QED) is 0.846. The first kappa shape index (κ1) is 16.2. The molecule has 1 amide bonds. The van der Waals surface area contributed by atoms with E-state index in [1.54, 1.807) is 32.9 Å². The van der Waals surface area contributed by atoms with E-state index in [0.717, 1.165) is 0 Å². The number of anilines is 2. The van der Waals surface area contributed by atoms with Crippen molar-refractivity contribution in [3.63, 3.8) is 0 Å². The maximum absolute atomic E-state index is 11.7. The molecule has 2 aromatic rings. The van der Waals surface area contributed by atoms with E-state index < -0.39 is 11.7 Å². The first-order valence-corrected chi connectivity index (χ1v) is 7.28. The number of nitrogens with two attached hydrogens (primary N) is 1. The molecule has 2 aromatic heterocycles. The summed E-state index contributed by atoms with van der Waals surface area (Å²) >= 11 is 3.24. The summed E-state index contributed by atoms with van der Waals surface area (Å²) in [6, 6.07) is 3.38. The molecule has 0 radical (unpaired) electrons. The van der Waals surface area contributed by atoms with Gasteiger partial charge < -0.3 is 10.5 Å². The van der Waals surface area contributed by atoms with E-state index in [1.165, 1.54) is 12.4 Å². The van der Waals surface area contributed by atoms with Gasteiger partial charge in [-0.2, -0.15) is 0 Å². The highest BCUT2D eigenvalue weighted by molar-refractivity contribution is 9.10. The number of nitrogens with zero attached hydrogens (tertiary/aromatic N) is 3. The molecule has 0 saturated carbocycles. The molecule has 0 aromatic carbocycles. The number of hydrogen-bond donors (Lipinski definition) is 2. The average Bonchev–Trinajstić information content (AvgIpc) is 2.40. The van der Waals surface area contributed by atoms with Gasteiger partial charge in [0.15, 0.2) is 5.82 Å². The number of rotatable bonds is 2. The first-order chi connectivity index (χ1) is 10.2. The molecule has 7 nitrogen and oxygen atoms in total. The van der Waals surface area contributed by atoms with Gasteiger partial charge in [-0.3, -0.25) is 10.3 Å². The van der Waals surface area contributed by atoms with Crippen LogP contribution in [0.2, 0.25) is 0 Å². The largest absolute Gasteiger partial charge is 0.444 e. The SMILES string of the molecule is CC(C)(C)OC(=O)Nc1ccc(-c2nc(Br)cnc2N)nc1. The van der Waals surface area contributed by atoms with Gasteiger partial charge in [-0.1, -0.05) is 0 Å². The zero-order chi connectivity index (χ0) is 16.3. The summed E-state index contributed by atoms with van der Waals surface area (Å²) in [6.07, 6.45) is 2.47. The second-order valence-corrected chi connectivity index (χ2v) is 6.30. The van der Waals surface area contributed by atoms with Crippen molar-refractivity contribution in [3.05, 3.63) is 29.1 Å². The summed E-state index contributed by atoms with van der Waals surface area (Å²) in [4.78, 5) is 24.1. The van der Waals surface area contributed by atoms with Crippen LogP contribution in [0.4, 0.5) is 16.3 Å². The van der Waals surface area contributed by atoms with Gasteiger partial charge in [0.2, 0.25) is 0 Å². The Labute approximate surface area is 136 Å². The third kappa shape index (κ3) is 4.39. The molecular formula is C14H16BrN5O2. The lowest BCUT2D eigenvalue weighted by Gasteiger charge is -2.19. The van der Waals surface area contributed by atoms with Crippen LogP contribution in [0.5, 0.6) is 0 Å². The predicted molar refractivity (Wildman–Crippen MR) is 87.2 cm³/mol. The van der Waals surface area contributed by atoms with Gasteiger partial charge in [0.1, 0.15) is 15.9 Å². The Hall–Kier alpha value is -2.22. The molecule has 0 spiro atoms. The molecule has 2 rings (SSSR count). The number of aromatic nitrogens is 3. The lowest BCUT2D eigenvalue weighted by atomic mass is 10.2. The minimum absolute atomic E-state index is 0.281. The van der Waals surface area contributed by atoms with Gasteiger partial charge in [0, 0.05) is 0 Å². The molecule has 0 bridgehead atoms. The highest BCUT2D eigenvalue weighted by atomic mass is 79.9. The van der Waals surface area contributed by atoms with E-state index in [9.17, 15) is 4.79 Å². The van der Waals surface area contributed by atoms with Gasteiger partial charge in [0.25, 0.3) is 0 Å². The minimum atomic E-state index is -0.558. The van der Waals surface area contributed by atoms with Crippen molar-refractivity contribution in [1.29, 1.82) is 0 Å². The molecule has 0 saturated heterocycles. The Balaban J connectivity index is 2.14. The van der Waals surface area contributed by atoms with Crippen molar-refractivity contribution < 1.29 is 9.53 Å². The Morgan fingerprint density at radius 1 is 1.27 bits per heavy atom.